The molecule has 2 rings (SSSR count). The van der Waals surface area contributed by atoms with Gasteiger partial charge in [-0.1, -0.05) is 23.2 Å². The molecule has 2 amide bonds. The zero-order chi connectivity index (χ0) is 18.4. The Kier molecular flexibility index (Phi) is 6.87. The summed E-state index contributed by atoms with van der Waals surface area (Å²) in [5, 5.41) is 5.97. The Labute approximate surface area is 156 Å². The molecule has 0 radical (unpaired) electrons. The van der Waals surface area contributed by atoms with Crippen LogP contribution in [-0.4, -0.2) is 43.9 Å². The summed E-state index contributed by atoms with van der Waals surface area (Å²) >= 11 is 11.7. The van der Waals surface area contributed by atoms with Crippen LogP contribution >= 0.6 is 23.2 Å². The largest absolute Gasteiger partial charge is 0.468 e. The van der Waals surface area contributed by atoms with E-state index in [0.29, 0.717) is 17.1 Å². The lowest BCUT2D eigenvalue weighted by Gasteiger charge is -2.22. The third-order valence-electron chi connectivity index (χ3n) is 3.58. The average molecular weight is 384 g/mol. The maximum atomic E-state index is 12.0. The van der Waals surface area contributed by atoms with E-state index in [4.69, 9.17) is 27.6 Å². The average Bonchev–Trinajstić information content (AvgIpc) is 3.09. The first kappa shape index (κ1) is 19.3. The molecule has 1 heterocycles. The van der Waals surface area contributed by atoms with Crippen LogP contribution in [0.2, 0.25) is 10.0 Å². The van der Waals surface area contributed by atoms with E-state index >= 15 is 0 Å². The number of benzene rings is 1. The topological polar surface area (TPSA) is 74.6 Å². The lowest BCUT2D eigenvalue weighted by molar-refractivity contribution is -0.120. The van der Waals surface area contributed by atoms with E-state index in [0.717, 1.165) is 5.76 Å². The Hall–Kier alpha value is -2.02. The van der Waals surface area contributed by atoms with Crippen LogP contribution in [0.3, 0.4) is 0 Å². The number of nitrogens with one attached hydrogen (secondary N) is 2. The SMILES string of the molecule is CN(C)C(CNC(=O)CNC(=O)c1ccc(Cl)c(Cl)c1)c1ccco1. The molecular formula is C17H19Cl2N3O3. The molecule has 0 aliphatic heterocycles. The van der Waals surface area contributed by atoms with Crippen molar-refractivity contribution in [3.05, 3.63) is 58.0 Å². The van der Waals surface area contributed by atoms with Crippen LogP contribution in [0.25, 0.3) is 0 Å². The lowest BCUT2D eigenvalue weighted by Crippen LogP contribution is -2.40. The van der Waals surface area contributed by atoms with Crippen LogP contribution < -0.4 is 10.6 Å². The van der Waals surface area contributed by atoms with Gasteiger partial charge in [-0.2, -0.15) is 0 Å². The van der Waals surface area contributed by atoms with Gasteiger partial charge in [-0.3, -0.25) is 14.5 Å². The Morgan fingerprint density at radius 1 is 1.16 bits per heavy atom. The number of hydrogen-bond acceptors (Lipinski definition) is 4. The van der Waals surface area contributed by atoms with Crippen molar-refractivity contribution in [3.63, 3.8) is 0 Å². The maximum absolute atomic E-state index is 12.0. The first-order valence-electron chi connectivity index (χ1n) is 7.58. The first-order valence-corrected chi connectivity index (χ1v) is 8.34. The van der Waals surface area contributed by atoms with Crippen molar-refractivity contribution in [3.8, 4) is 0 Å². The van der Waals surface area contributed by atoms with E-state index in [1.807, 2.05) is 25.1 Å². The molecule has 25 heavy (non-hydrogen) atoms. The second kappa shape index (κ2) is 8.89. The number of rotatable bonds is 7. The van der Waals surface area contributed by atoms with Crippen molar-refractivity contribution in [1.82, 2.24) is 15.5 Å². The summed E-state index contributed by atoms with van der Waals surface area (Å²) in [5.74, 6) is 0.0564. The van der Waals surface area contributed by atoms with Gasteiger partial charge in [0, 0.05) is 12.1 Å². The molecule has 8 heteroatoms. The van der Waals surface area contributed by atoms with Crippen LogP contribution in [0.15, 0.2) is 41.0 Å². The molecule has 2 aromatic rings. The van der Waals surface area contributed by atoms with Gasteiger partial charge in [-0.25, -0.2) is 0 Å². The van der Waals surface area contributed by atoms with E-state index < -0.39 is 5.91 Å². The lowest BCUT2D eigenvalue weighted by atomic mass is 10.2. The number of hydrogen-bond donors (Lipinski definition) is 2. The van der Waals surface area contributed by atoms with E-state index in [9.17, 15) is 9.59 Å². The molecule has 0 bridgehead atoms. The van der Waals surface area contributed by atoms with Gasteiger partial charge in [0.15, 0.2) is 0 Å². The normalized spacial score (nSPS) is 12.0. The van der Waals surface area contributed by atoms with Gasteiger partial charge in [-0.05, 0) is 44.4 Å². The van der Waals surface area contributed by atoms with Crippen LogP contribution in [0.4, 0.5) is 0 Å². The van der Waals surface area contributed by atoms with Crippen molar-refractivity contribution >= 4 is 35.0 Å². The van der Waals surface area contributed by atoms with E-state index in [1.165, 1.54) is 12.1 Å². The predicted molar refractivity (Wildman–Crippen MR) is 96.9 cm³/mol. The number of nitrogens with zero attached hydrogens (tertiary/aromatic N) is 1. The molecule has 1 atom stereocenters. The molecule has 0 aliphatic rings. The van der Waals surface area contributed by atoms with Crippen LogP contribution in [0, 0.1) is 0 Å². The molecule has 1 aromatic carbocycles. The third kappa shape index (κ3) is 5.49. The Morgan fingerprint density at radius 2 is 1.92 bits per heavy atom. The van der Waals surface area contributed by atoms with Crippen LogP contribution in [-0.2, 0) is 4.79 Å². The number of carbonyl (C=O) groups is 2. The molecule has 0 saturated heterocycles. The summed E-state index contributed by atoms with van der Waals surface area (Å²) in [6.45, 7) is 0.222. The highest BCUT2D eigenvalue weighted by Gasteiger charge is 2.18. The van der Waals surface area contributed by atoms with Crippen molar-refractivity contribution in [1.29, 1.82) is 0 Å². The Bertz CT molecular complexity index is 733. The first-order chi connectivity index (χ1) is 11.9. The smallest absolute Gasteiger partial charge is 0.251 e. The fraction of sp³-hybridized carbons (Fsp3) is 0.294. The van der Waals surface area contributed by atoms with Crippen LogP contribution in [0.5, 0.6) is 0 Å². The van der Waals surface area contributed by atoms with Gasteiger partial charge >= 0.3 is 0 Å². The molecule has 0 fully saturated rings. The number of halogens is 2. The van der Waals surface area contributed by atoms with Gasteiger partial charge in [0.1, 0.15) is 5.76 Å². The number of carbonyl (C=O) groups excluding carboxylic acids is 2. The van der Waals surface area contributed by atoms with E-state index in [1.54, 1.807) is 18.4 Å². The molecule has 0 saturated carbocycles. The standard InChI is InChI=1S/C17H19Cl2N3O3/c1-22(2)14(15-4-3-7-25-15)9-20-16(23)10-21-17(24)11-5-6-12(18)13(19)8-11/h3-8,14H,9-10H2,1-2H3,(H,20,23)(H,21,24). The summed E-state index contributed by atoms with van der Waals surface area (Å²) in [6, 6.07) is 8.08. The summed E-state index contributed by atoms with van der Waals surface area (Å²) in [7, 11) is 3.79. The molecule has 134 valence electrons. The monoisotopic (exact) mass is 383 g/mol. The summed E-state index contributed by atoms with van der Waals surface area (Å²) in [5.41, 5.74) is 0.337. The van der Waals surface area contributed by atoms with Gasteiger partial charge < -0.3 is 15.1 Å². The summed E-state index contributed by atoms with van der Waals surface area (Å²) in [6.07, 6.45) is 1.59. The minimum absolute atomic E-state index is 0.0928. The molecule has 2 N–H and O–H groups in total. The fourth-order valence-corrected chi connectivity index (χ4v) is 2.49. The molecule has 6 nitrogen and oxygen atoms in total. The molecule has 0 spiro atoms. The van der Waals surface area contributed by atoms with Crippen molar-refractivity contribution in [2.24, 2.45) is 0 Å². The molecule has 1 unspecified atom stereocenters. The van der Waals surface area contributed by atoms with Crippen molar-refractivity contribution < 1.29 is 14.0 Å². The second-order valence-electron chi connectivity index (χ2n) is 5.61. The van der Waals surface area contributed by atoms with E-state index in [-0.39, 0.29) is 23.5 Å². The minimum Gasteiger partial charge on any atom is -0.468 e. The Balaban J connectivity index is 1.83. The zero-order valence-corrected chi connectivity index (χ0v) is 15.4. The van der Waals surface area contributed by atoms with E-state index in [2.05, 4.69) is 10.6 Å². The highest BCUT2D eigenvalue weighted by molar-refractivity contribution is 6.42. The Morgan fingerprint density at radius 3 is 2.52 bits per heavy atom. The third-order valence-corrected chi connectivity index (χ3v) is 4.32. The highest BCUT2D eigenvalue weighted by atomic mass is 35.5. The van der Waals surface area contributed by atoms with Gasteiger partial charge in [0.25, 0.3) is 5.91 Å². The number of amides is 2. The second-order valence-corrected chi connectivity index (χ2v) is 6.42. The molecule has 1 aromatic heterocycles. The zero-order valence-electron chi connectivity index (χ0n) is 13.9. The summed E-state index contributed by atoms with van der Waals surface area (Å²) < 4.78 is 5.38. The van der Waals surface area contributed by atoms with Crippen molar-refractivity contribution in [2.75, 3.05) is 27.2 Å². The summed E-state index contributed by atoms with van der Waals surface area (Å²) in [4.78, 5) is 25.9. The maximum Gasteiger partial charge on any atom is 0.251 e. The van der Waals surface area contributed by atoms with Crippen molar-refractivity contribution in [2.45, 2.75) is 6.04 Å². The molecule has 0 aliphatic carbocycles. The number of likely N-dealkylation sites (N-methyl/N-ethyl adjacent to an activating group) is 1. The quantitative estimate of drug-likeness (QED) is 0.770. The van der Waals surface area contributed by atoms with Crippen LogP contribution in [0.1, 0.15) is 22.2 Å². The van der Waals surface area contributed by atoms with Gasteiger partial charge in [0.05, 0.1) is 28.9 Å². The van der Waals surface area contributed by atoms with Gasteiger partial charge in [0.2, 0.25) is 5.91 Å². The number of furan rings is 1. The minimum atomic E-state index is -0.399. The van der Waals surface area contributed by atoms with Gasteiger partial charge in [-0.15, -0.1) is 0 Å². The fourth-order valence-electron chi connectivity index (χ4n) is 2.19. The highest BCUT2D eigenvalue weighted by Crippen LogP contribution is 2.22. The predicted octanol–water partition coefficient (Wildman–Crippen LogP) is 2.74. The molecular weight excluding hydrogens is 365 g/mol.